The number of rotatable bonds is 3. The van der Waals surface area contributed by atoms with E-state index in [0.29, 0.717) is 13.0 Å². The molecule has 3 N–H and O–H groups in total. The molecule has 1 aliphatic rings. The van der Waals surface area contributed by atoms with Crippen LogP contribution < -0.4 is 5.73 Å². The maximum Gasteiger partial charge on any atom is 0.329 e. The number of carbonyl (C=O) groups is 2. The first-order chi connectivity index (χ1) is 6.93. The molecule has 2 atom stereocenters. The lowest BCUT2D eigenvalue weighted by Gasteiger charge is -2.32. The molecule has 5 heteroatoms. The van der Waals surface area contributed by atoms with Gasteiger partial charge in [0.25, 0.3) is 0 Å². The van der Waals surface area contributed by atoms with Crippen molar-refractivity contribution in [2.45, 2.75) is 32.2 Å². The Kier molecular flexibility index (Phi) is 3.34. The Morgan fingerprint density at radius 1 is 1.60 bits per heavy atom. The zero-order valence-corrected chi connectivity index (χ0v) is 9.19. The van der Waals surface area contributed by atoms with E-state index < -0.39 is 11.5 Å². The number of hydrogen-bond donors (Lipinski definition) is 2. The third kappa shape index (κ3) is 1.97. The summed E-state index contributed by atoms with van der Waals surface area (Å²) in [6.07, 6.45) is 1.26. The van der Waals surface area contributed by atoms with Crippen molar-refractivity contribution in [3.05, 3.63) is 0 Å². The Balaban J connectivity index is 2.86. The van der Waals surface area contributed by atoms with Gasteiger partial charge in [-0.1, -0.05) is 6.92 Å². The number of aliphatic carboxylic acids is 1. The van der Waals surface area contributed by atoms with Crippen LogP contribution in [-0.2, 0) is 9.59 Å². The van der Waals surface area contributed by atoms with Crippen LogP contribution in [0.5, 0.6) is 0 Å². The lowest BCUT2D eigenvalue weighted by atomic mass is 9.98. The van der Waals surface area contributed by atoms with Crippen molar-refractivity contribution < 1.29 is 14.7 Å². The fraction of sp³-hybridized carbons (Fsp3) is 0.800. The van der Waals surface area contributed by atoms with Crippen LogP contribution in [0.4, 0.5) is 0 Å². The molecule has 86 valence electrons. The van der Waals surface area contributed by atoms with Gasteiger partial charge in [-0.2, -0.15) is 0 Å². The van der Waals surface area contributed by atoms with Crippen LogP contribution in [-0.4, -0.2) is 40.5 Å². The van der Waals surface area contributed by atoms with E-state index in [2.05, 4.69) is 0 Å². The van der Waals surface area contributed by atoms with E-state index in [1.54, 1.807) is 13.8 Å². The van der Waals surface area contributed by atoms with Gasteiger partial charge in [0, 0.05) is 19.0 Å². The molecule has 5 nitrogen and oxygen atoms in total. The predicted octanol–water partition coefficient (Wildman–Crippen LogP) is 0.0469. The van der Waals surface area contributed by atoms with Crippen LogP contribution in [0.1, 0.15) is 26.7 Å². The molecule has 2 unspecified atom stereocenters. The highest BCUT2D eigenvalue weighted by Gasteiger charge is 2.46. The number of likely N-dealkylation sites (tertiary alicyclic amines) is 1. The Bertz CT molecular complexity index is 280. The average Bonchev–Trinajstić information content (AvgIpc) is 2.59. The van der Waals surface area contributed by atoms with Crippen molar-refractivity contribution in [3.8, 4) is 0 Å². The van der Waals surface area contributed by atoms with E-state index in [0.717, 1.165) is 6.42 Å². The molecule has 15 heavy (non-hydrogen) atoms. The molecule has 1 rings (SSSR count). The van der Waals surface area contributed by atoms with Crippen molar-refractivity contribution in [2.75, 3.05) is 13.1 Å². The third-order valence-corrected chi connectivity index (χ3v) is 3.14. The summed E-state index contributed by atoms with van der Waals surface area (Å²) in [7, 11) is 0. The van der Waals surface area contributed by atoms with Gasteiger partial charge in [0.2, 0.25) is 5.91 Å². The van der Waals surface area contributed by atoms with Crippen LogP contribution in [0.3, 0.4) is 0 Å². The van der Waals surface area contributed by atoms with Crippen LogP contribution in [0.25, 0.3) is 0 Å². The molecule has 0 aromatic rings. The highest BCUT2D eigenvalue weighted by Crippen LogP contribution is 2.30. The number of carboxylic acid groups (broad SMARTS) is 1. The Hall–Kier alpha value is -1.10. The highest BCUT2D eigenvalue weighted by molar-refractivity contribution is 5.88. The van der Waals surface area contributed by atoms with E-state index in [4.69, 9.17) is 10.8 Å². The van der Waals surface area contributed by atoms with Gasteiger partial charge in [0.05, 0.1) is 0 Å². The van der Waals surface area contributed by atoms with Crippen molar-refractivity contribution in [1.82, 2.24) is 4.90 Å². The molecule has 1 heterocycles. The van der Waals surface area contributed by atoms with Crippen LogP contribution in [0.2, 0.25) is 0 Å². The van der Waals surface area contributed by atoms with Crippen molar-refractivity contribution in [1.29, 1.82) is 0 Å². The first-order valence-corrected chi connectivity index (χ1v) is 5.18. The van der Waals surface area contributed by atoms with Gasteiger partial charge < -0.3 is 15.7 Å². The molecule has 0 aromatic heterocycles. The number of hydrogen-bond acceptors (Lipinski definition) is 3. The van der Waals surface area contributed by atoms with Gasteiger partial charge >= 0.3 is 5.97 Å². The molecular weight excluding hydrogens is 196 g/mol. The van der Waals surface area contributed by atoms with E-state index in [1.165, 1.54) is 4.90 Å². The quantitative estimate of drug-likeness (QED) is 0.695. The normalized spacial score (nSPS) is 27.8. The van der Waals surface area contributed by atoms with Crippen LogP contribution >= 0.6 is 0 Å². The summed E-state index contributed by atoms with van der Waals surface area (Å²) in [4.78, 5) is 24.5. The van der Waals surface area contributed by atoms with Gasteiger partial charge in [-0.3, -0.25) is 4.79 Å². The van der Waals surface area contributed by atoms with Crippen molar-refractivity contribution in [3.63, 3.8) is 0 Å². The second-order valence-corrected chi connectivity index (χ2v) is 4.31. The Morgan fingerprint density at radius 2 is 2.20 bits per heavy atom. The van der Waals surface area contributed by atoms with Crippen molar-refractivity contribution in [2.24, 2.45) is 11.7 Å². The lowest BCUT2D eigenvalue weighted by Crippen LogP contribution is -2.53. The minimum atomic E-state index is -1.04. The number of nitrogens with two attached hydrogens (primary N) is 1. The highest BCUT2D eigenvalue weighted by atomic mass is 16.4. The minimum absolute atomic E-state index is 0.153. The number of nitrogens with zero attached hydrogens (tertiary/aromatic N) is 1. The summed E-state index contributed by atoms with van der Waals surface area (Å²) in [5, 5.41) is 9.12. The fourth-order valence-corrected chi connectivity index (χ4v) is 1.91. The zero-order chi connectivity index (χ0) is 11.6. The SMILES string of the molecule is CC(CN)C(=O)N1CCCC1(C)C(=O)O. The largest absolute Gasteiger partial charge is 0.480 e. The lowest BCUT2D eigenvalue weighted by molar-refractivity contribution is -0.156. The standard InChI is InChI=1S/C10H18N2O3/c1-7(6-11)8(13)12-5-3-4-10(12,2)9(14)15/h7H,3-6,11H2,1-2H3,(H,14,15). The van der Waals surface area contributed by atoms with Gasteiger partial charge in [0.15, 0.2) is 0 Å². The Labute approximate surface area is 89.2 Å². The molecule has 1 amide bonds. The second kappa shape index (κ2) is 4.18. The summed E-state index contributed by atoms with van der Waals surface area (Å²) in [6.45, 7) is 4.10. The van der Waals surface area contributed by atoms with E-state index >= 15 is 0 Å². The van der Waals surface area contributed by atoms with E-state index in [1.807, 2.05) is 0 Å². The summed E-state index contributed by atoms with van der Waals surface area (Å²) < 4.78 is 0. The molecule has 0 saturated carbocycles. The van der Waals surface area contributed by atoms with Crippen LogP contribution in [0, 0.1) is 5.92 Å². The summed E-state index contributed by atoms with van der Waals surface area (Å²) in [6, 6.07) is 0. The molecule has 1 aliphatic heterocycles. The topological polar surface area (TPSA) is 83.6 Å². The fourth-order valence-electron chi connectivity index (χ4n) is 1.91. The molecular formula is C10H18N2O3. The molecule has 0 radical (unpaired) electrons. The first-order valence-electron chi connectivity index (χ1n) is 5.18. The van der Waals surface area contributed by atoms with E-state index in [9.17, 15) is 9.59 Å². The van der Waals surface area contributed by atoms with Gasteiger partial charge in [-0.25, -0.2) is 4.79 Å². The van der Waals surface area contributed by atoms with Crippen molar-refractivity contribution >= 4 is 11.9 Å². The molecule has 0 bridgehead atoms. The maximum absolute atomic E-state index is 11.9. The number of amides is 1. The molecule has 1 fully saturated rings. The smallest absolute Gasteiger partial charge is 0.329 e. The first kappa shape index (κ1) is 12.0. The average molecular weight is 214 g/mol. The Morgan fingerprint density at radius 3 is 2.67 bits per heavy atom. The van der Waals surface area contributed by atoms with Gasteiger partial charge in [-0.15, -0.1) is 0 Å². The number of carbonyl (C=O) groups excluding carboxylic acids is 1. The van der Waals surface area contributed by atoms with E-state index in [-0.39, 0.29) is 18.4 Å². The second-order valence-electron chi connectivity index (χ2n) is 4.31. The zero-order valence-electron chi connectivity index (χ0n) is 9.19. The minimum Gasteiger partial charge on any atom is -0.480 e. The summed E-state index contributed by atoms with van der Waals surface area (Å²) in [5.74, 6) is -1.39. The maximum atomic E-state index is 11.9. The van der Waals surface area contributed by atoms with Gasteiger partial charge in [0.1, 0.15) is 5.54 Å². The van der Waals surface area contributed by atoms with Crippen LogP contribution in [0.15, 0.2) is 0 Å². The molecule has 0 spiro atoms. The van der Waals surface area contributed by atoms with Gasteiger partial charge in [-0.05, 0) is 19.8 Å². The molecule has 0 aromatic carbocycles. The monoisotopic (exact) mass is 214 g/mol. The molecule has 0 aliphatic carbocycles. The number of carboxylic acids is 1. The summed E-state index contributed by atoms with van der Waals surface area (Å²) in [5.41, 5.74) is 4.37. The summed E-state index contributed by atoms with van der Waals surface area (Å²) >= 11 is 0. The molecule has 1 saturated heterocycles. The third-order valence-electron chi connectivity index (χ3n) is 3.14. The predicted molar refractivity (Wildman–Crippen MR) is 55.2 cm³/mol.